The lowest BCUT2D eigenvalue weighted by Crippen LogP contribution is -2.10. The quantitative estimate of drug-likeness (QED) is 0.181. The Morgan fingerprint density at radius 1 is 0.185 bits per heavy atom. The molecule has 2 nitrogen and oxygen atoms in total. The highest BCUT2D eigenvalue weighted by molar-refractivity contribution is 5.83. The third-order valence-corrected chi connectivity index (χ3v) is 10.0. The molecule has 2 heteroatoms. The maximum Gasteiger partial charge on any atom is 0.0462 e. The van der Waals surface area contributed by atoms with E-state index in [-0.39, 0.29) is 0 Å². The maximum absolute atomic E-state index is 2.32. The Morgan fingerprint density at radius 3 is 0.630 bits per heavy atom. The molecule has 7 aliphatic rings. The van der Waals surface area contributed by atoms with E-state index in [1.54, 1.807) is 0 Å². The molecular weight excluding hydrogens is 653 g/mol. The molecule has 8 bridgehead atoms. The van der Waals surface area contributed by atoms with Crippen LogP contribution in [0.4, 0.5) is 34.1 Å². The van der Waals surface area contributed by atoms with Gasteiger partial charge in [-0.3, -0.25) is 0 Å². The number of hydrogen-bond acceptors (Lipinski definition) is 2. The van der Waals surface area contributed by atoms with E-state index in [0.717, 1.165) is 56.4 Å². The zero-order valence-corrected chi connectivity index (χ0v) is 29.8. The van der Waals surface area contributed by atoms with Crippen LogP contribution in [0.25, 0.3) is 46.6 Å². The molecule has 0 aromatic heterocycles. The Hall–Kier alpha value is -7.16. The average molecular weight is 691 g/mol. The highest BCUT2D eigenvalue weighted by Crippen LogP contribution is 2.38. The number of benzene rings is 8. The van der Waals surface area contributed by atoms with Gasteiger partial charge in [0, 0.05) is 34.1 Å². The first-order valence-electron chi connectivity index (χ1n) is 18.4. The fourth-order valence-corrected chi connectivity index (χ4v) is 7.08. The van der Waals surface area contributed by atoms with E-state index >= 15 is 0 Å². The van der Waals surface area contributed by atoms with Crippen molar-refractivity contribution in [2.45, 2.75) is 0 Å². The summed E-state index contributed by atoms with van der Waals surface area (Å²) in [5, 5.41) is 0. The molecule has 7 heterocycles. The van der Waals surface area contributed by atoms with Crippen LogP contribution < -0.4 is 9.80 Å². The first-order valence-corrected chi connectivity index (χ1v) is 18.4. The molecule has 256 valence electrons. The summed E-state index contributed by atoms with van der Waals surface area (Å²) in [5.74, 6) is 0. The second-order valence-corrected chi connectivity index (χ2v) is 13.5. The maximum atomic E-state index is 2.32. The van der Waals surface area contributed by atoms with Crippen molar-refractivity contribution >= 4 is 58.4 Å². The molecule has 15 rings (SSSR count). The van der Waals surface area contributed by atoms with Crippen LogP contribution >= 0.6 is 0 Å². The molecular formula is C52H38N2. The Kier molecular flexibility index (Phi) is 8.99. The lowest BCUT2D eigenvalue weighted by molar-refractivity contribution is 1.28. The second-order valence-electron chi connectivity index (χ2n) is 13.5. The second kappa shape index (κ2) is 14.8. The van der Waals surface area contributed by atoms with Gasteiger partial charge in [0.15, 0.2) is 0 Å². The van der Waals surface area contributed by atoms with Gasteiger partial charge in [-0.25, -0.2) is 0 Å². The van der Waals surface area contributed by atoms with Gasteiger partial charge in [0.25, 0.3) is 0 Å². The summed E-state index contributed by atoms with van der Waals surface area (Å²) in [6, 6.07) is 73.9. The first-order chi connectivity index (χ1) is 26.7. The van der Waals surface area contributed by atoms with Gasteiger partial charge in [-0.2, -0.15) is 0 Å². The molecule has 0 unspecified atom stereocenters. The van der Waals surface area contributed by atoms with Gasteiger partial charge in [-0.1, -0.05) is 158 Å². The largest absolute Gasteiger partial charge is 0.311 e. The summed E-state index contributed by atoms with van der Waals surface area (Å²) in [7, 11) is 0. The predicted octanol–water partition coefficient (Wildman–Crippen LogP) is 14.6. The van der Waals surface area contributed by atoms with Crippen molar-refractivity contribution in [1.29, 1.82) is 0 Å². The zero-order valence-electron chi connectivity index (χ0n) is 29.8. The minimum Gasteiger partial charge on any atom is -0.311 e. The van der Waals surface area contributed by atoms with Gasteiger partial charge in [0.05, 0.1) is 0 Å². The molecule has 0 spiro atoms. The van der Waals surface area contributed by atoms with Gasteiger partial charge in [-0.05, 0) is 117 Å². The lowest BCUT2D eigenvalue weighted by atomic mass is 10.0. The molecule has 0 amide bonds. The Labute approximate surface area is 317 Å². The number of anilines is 6. The summed E-state index contributed by atoms with van der Waals surface area (Å²) in [4.78, 5) is 4.64. The van der Waals surface area contributed by atoms with Crippen LogP contribution in [0, 0.1) is 0 Å². The fraction of sp³-hybridized carbons (Fsp3) is 0. The van der Waals surface area contributed by atoms with Crippen LogP contribution in [0.5, 0.6) is 0 Å². The molecule has 0 radical (unpaired) electrons. The average Bonchev–Trinajstić information content (AvgIpc) is 3.25. The van der Waals surface area contributed by atoms with Crippen LogP contribution in [0.1, 0.15) is 22.3 Å². The SMILES string of the molecule is C1=Cc2ccc(cc2)N(c2ccc(-c3ccccc3)cc2)c2ccc(cc2)/C=C\c2ccc(cc2)N(c2ccc(-c3ccccc3)cc2)c2ccc1cc2. The molecule has 0 saturated carbocycles. The van der Waals surface area contributed by atoms with Gasteiger partial charge in [0.2, 0.25) is 0 Å². The molecule has 54 heavy (non-hydrogen) atoms. The molecule has 0 atom stereocenters. The zero-order chi connectivity index (χ0) is 36.1. The topological polar surface area (TPSA) is 6.48 Å². The Morgan fingerprint density at radius 2 is 0.389 bits per heavy atom. The number of rotatable bonds is 4. The lowest BCUT2D eigenvalue weighted by Gasteiger charge is -2.26. The minimum absolute atomic E-state index is 1.10. The van der Waals surface area contributed by atoms with Crippen molar-refractivity contribution < 1.29 is 0 Å². The van der Waals surface area contributed by atoms with Gasteiger partial charge >= 0.3 is 0 Å². The highest BCUT2D eigenvalue weighted by atomic mass is 15.1. The number of hydrogen-bond donors (Lipinski definition) is 0. The summed E-state index contributed by atoms with van der Waals surface area (Å²) >= 11 is 0. The molecule has 0 aliphatic carbocycles. The molecule has 0 N–H and O–H groups in total. The molecule has 8 aromatic carbocycles. The van der Waals surface area contributed by atoms with Crippen LogP contribution in [-0.4, -0.2) is 0 Å². The highest BCUT2D eigenvalue weighted by Gasteiger charge is 2.15. The van der Waals surface area contributed by atoms with E-state index < -0.39 is 0 Å². The van der Waals surface area contributed by atoms with E-state index in [1.807, 2.05) is 0 Å². The smallest absolute Gasteiger partial charge is 0.0462 e. The van der Waals surface area contributed by atoms with Crippen molar-refractivity contribution in [3.63, 3.8) is 0 Å². The summed E-state index contributed by atoms with van der Waals surface area (Å²) in [5.41, 5.74) is 16.0. The van der Waals surface area contributed by atoms with Crippen molar-refractivity contribution in [3.8, 4) is 22.3 Å². The van der Waals surface area contributed by atoms with Gasteiger partial charge < -0.3 is 9.80 Å². The molecule has 0 saturated heterocycles. The summed E-state index contributed by atoms with van der Waals surface area (Å²) < 4.78 is 0. The normalized spacial score (nSPS) is 12.8. The standard InChI is InChI=1S/C52H38N2/c1-3-7-43(8-4-1)45-23-35-51(36-24-45)53-47-27-15-39(16-28-47)11-13-41-19-31-49(32-20-41)54(52-37-25-46(26-38-52)44-9-5-2-6-10-44)50-33-21-42(22-34-50)14-12-40-17-29-48(53)30-18-40/h1-38H/b13-11-,14-12?. The first kappa shape index (κ1) is 32.7. The predicted molar refractivity (Wildman–Crippen MR) is 231 cm³/mol. The van der Waals surface area contributed by atoms with Gasteiger partial charge in [-0.15, -0.1) is 0 Å². The van der Waals surface area contributed by atoms with Gasteiger partial charge in [0.1, 0.15) is 0 Å². The third kappa shape index (κ3) is 7.01. The van der Waals surface area contributed by atoms with Crippen molar-refractivity contribution in [2.75, 3.05) is 9.80 Å². The third-order valence-electron chi connectivity index (χ3n) is 10.0. The van der Waals surface area contributed by atoms with E-state index in [1.165, 1.54) is 22.3 Å². The van der Waals surface area contributed by atoms with E-state index in [0.29, 0.717) is 0 Å². The summed E-state index contributed by atoms with van der Waals surface area (Å²) in [6.45, 7) is 0. The van der Waals surface area contributed by atoms with Crippen molar-refractivity contribution in [1.82, 2.24) is 0 Å². The molecule has 8 aromatic rings. The van der Waals surface area contributed by atoms with Crippen LogP contribution in [-0.2, 0) is 0 Å². The summed E-state index contributed by atoms with van der Waals surface area (Å²) in [6.07, 6.45) is 8.74. The van der Waals surface area contributed by atoms with Crippen LogP contribution in [0.2, 0.25) is 0 Å². The molecule has 7 aliphatic heterocycles. The van der Waals surface area contributed by atoms with E-state index in [4.69, 9.17) is 0 Å². The van der Waals surface area contributed by atoms with Crippen molar-refractivity contribution in [3.05, 3.63) is 229 Å². The molecule has 0 fully saturated rings. The fourth-order valence-electron chi connectivity index (χ4n) is 7.08. The van der Waals surface area contributed by atoms with Crippen LogP contribution in [0.3, 0.4) is 0 Å². The minimum atomic E-state index is 1.10. The van der Waals surface area contributed by atoms with E-state index in [2.05, 4.69) is 240 Å². The Bertz CT molecular complexity index is 2230. The Balaban J connectivity index is 1.08. The number of nitrogens with zero attached hydrogens (tertiary/aromatic N) is 2. The monoisotopic (exact) mass is 690 g/mol. The van der Waals surface area contributed by atoms with E-state index in [9.17, 15) is 0 Å². The van der Waals surface area contributed by atoms with Crippen LogP contribution in [0.15, 0.2) is 206 Å². The van der Waals surface area contributed by atoms with Crippen molar-refractivity contribution in [2.24, 2.45) is 0 Å².